The van der Waals surface area contributed by atoms with Crippen LogP contribution in [0.15, 0.2) is 24.3 Å². The molecule has 0 aliphatic rings. The number of hydrogen-bond acceptors (Lipinski definition) is 7. The lowest BCUT2D eigenvalue weighted by Gasteiger charge is -2.29. The van der Waals surface area contributed by atoms with E-state index in [0.29, 0.717) is 18.9 Å². The van der Waals surface area contributed by atoms with Gasteiger partial charge in [0.25, 0.3) is 0 Å². The molecule has 0 aliphatic carbocycles. The number of phenols is 1. The van der Waals surface area contributed by atoms with Crippen molar-refractivity contribution in [3.63, 3.8) is 0 Å². The molecule has 152 valence electrons. The number of phenolic OH excluding ortho intramolecular Hbond substituents is 1. The Morgan fingerprint density at radius 2 is 1.89 bits per heavy atom. The molecule has 1 aromatic rings. The number of carbonyl (C=O) groups excluding carboxylic acids is 2. The molecule has 0 saturated carbocycles. The average molecular weight is 383 g/mol. The van der Waals surface area contributed by atoms with E-state index >= 15 is 0 Å². The number of esters is 1. The van der Waals surface area contributed by atoms with Crippen molar-refractivity contribution >= 4 is 12.0 Å². The Hall–Kier alpha value is -2.52. The molecule has 1 atom stereocenters. The van der Waals surface area contributed by atoms with Gasteiger partial charge in [0, 0.05) is 6.54 Å². The Labute approximate surface area is 159 Å². The molecular weight excluding hydrogens is 354 g/mol. The number of ether oxygens (including phenoxy) is 2. The average Bonchev–Trinajstić information content (AvgIpc) is 2.65. The van der Waals surface area contributed by atoms with Crippen LogP contribution in [0.3, 0.4) is 0 Å². The summed E-state index contributed by atoms with van der Waals surface area (Å²) in [4.78, 5) is 23.5. The highest BCUT2D eigenvalue weighted by Crippen LogP contribution is 2.17. The lowest BCUT2D eigenvalue weighted by atomic mass is 10.2. The molecule has 1 unspecified atom stereocenters. The summed E-state index contributed by atoms with van der Waals surface area (Å²) in [5.41, 5.74) is -1.70. The summed E-state index contributed by atoms with van der Waals surface area (Å²) in [6.07, 6.45) is 1.66. The summed E-state index contributed by atoms with van der Waals surface area (Å²) in [6.45, 7) is 4.22. The number of benzene rings is 1. The van der Waals surface area contributed by atoms with E-state index in [0.717, 1.165) is 12.8 Å². The summed E-state index contributed by atoms with van der Waals surface area (Å²) in [5.74, 6) is -0.0350. The number of nitrogens with one attached hydrogen (secondary N) is 3. The zero-order valence-electron chi connectivity index (χ0n) is 15.8. The molecule has 0 fully saturated rings. The Kier molecular flexibility index (Phi) is 9.99. The molecule has 2 amide bonds. The second kappa shape index (κ2) is 12.0. The predicted molar refractivity (Wildman–Crippen MR) is 99.5 cm³/mol. The van der Waals surface area contributed by atoms with Gasteiger partial charge >= 0.3 is 12.0 Å². The van der Waals surface area contributed by atoms with E-state index in [-0.39, 0.29) is 25.4 Å². The van der Waals surface area contributed by atoms with Crippen molar-refractivity contribution in [1.82, 2.24) is 16.0 Å². The van der Waals surface area contributed by atoms with E-state index in [1.165, 1.54) is 24.3 Å². The molecular formula is C18H29N3O6. The number of hydrogen-bond donors (Lipinski definition) is 5. The monoisotopic (exact) mass is 383 g/mol. The number of amides is 2. The third-order valence-corrected chi connectivity index (χ3v) is 3.48. The predicted octanol–water partition coefficient (Wildman–Crippen LogP) is 0.712. The molecule has 1 rings (SSSR count). The Morgan fingerprint density at radius 3 is 2.52 bits per heavy atom. The topological polar surface area (TPSA) is 129 Å². The molecule has 0 bridgehead atoms. The highest BCUT2D eigenvalue weighted by atomic mass is 16.5. The fraction of sp³-hybridized carbons (Fsp3) is 0.556. The maximum Gasteiger partial charge on any atom is 0.325 e. The van der Waals surface area contributed by atoms with Crippen LogP contribution < -0.4 is 20.7 Å². The summed E-state index contributed by atoms with van der Waals surface area (Å²) in [5, 5.41) is 27.6. The largest absolute Gasteiger partial charge is 0.508 e. The van der Waals surface area contributed by atoms with E-state index in [4.69, 9.17) is 9.47 Å². The third-order valence-electron chi connectivity index (χ3n) is 3.48. The van der Waals surface area contributed by atoms with Gasteiger partial charge in [0.1, 0.15) is 24.7 Å². The van der Waals surface area contributed by atoms with Crippen LogP contribution in [0.2, 0.25) is 0 Å². The minimum atomic E-state index is -1.70. The number of likely N-dealkylation sites (N-methyl/N-ethyl adjacent to an activating group) is 1. The molecule has 0 saturated heterocycles. The smallest absolute Gasteiger partial charge is 0.325 e. The van der Waals surface area contributed by atoms with Gasteiger partial charge in [0.15, 0.2) is 5.72 Å². The molecule has 0 spiro atoms. The molecule has 0 radical (unpaired) electrons. The summed E-state index contributed by atoms with van der Waals surface area (Å²) < 4.78 is 10.4. The maximum atomic E-state index is 12.0. The first-order chi connectivity index (χ1) is 12.9. The molecule has 0 aromatic heterocycles. The standard InChI is InChI=1S/C18H29N3O6/c1-3-5-10-26-16(23)11-20-17(24)21-18(25,12-19-4-2)13-27-15-8-6-14(22)7-9-15/h6-9,19,22,25H,3-5,10-13H2,1-2H3,(H2,20,21,24). The molecule has 0 heterocycles. The third kappa shape index (κ3) is 9.66. The van der Waals surface area contributed by atoms with E-state index in [1.807, 2.05) is 13.8 Å². The Bertz CT molecular complexity index is 581. The van der Waals surface area contributed by atoms with Gasteiger partial charge in [0.05, 0.1) is 6.61 Å². The van der Waals surface area contributed by atoms with Gasteiger partial charge in [-0.05, 0) is 37.2 Å². The van der Waals surface area contributed by atoms with Crippen molar-refractivity contribution < 1.29 is 29.3 Å². The van der Waals surface area contributed by atoms with E-state index < -0.39 is 17.7 Å². The number of urea groups is 1. The molecule has 9 nitrogen and oxygen atoms in total. The summed E-state index contributed by atoms with van der Waals surface area (Å²) >= 11 is 0. The van der Waals surface area contributed by atoms with Crippen LogP contribution in [0.1, 0.15) is 26.7 Å². The van der Waals surface area contributed by atoms with Gasteiger partial charge in [-0.25, -0.2) is 4.79 Å². The first-order valence-electron chi connectivity index (χ1n) is 8.95. The van der Waals surface area contributed by atoms with E-state index in [2.05, 4.69) is 16.0 Å². The molecule has 1 aromatic carbocycles. The number of rotatable bonds is 12. The molecule has 27 heavy (non-hydrogen) atoms. The van der Waals surface area contributed by atoms with Crippen molar-refractivity contribution in [3.8, 4) is 11.5 Å². The van der Waals surface area contributed by atoms with Crippen LogP contribution in [0.4, 0.5) is 4.79 Å². The van der Waals surface area contributed by atoms with Crippen molar-refractivity contribution in [2.24, 2.45) is 0 Å². The van der Waals surface area contributed by atoms with E-state index in [9.17, 15) is 19.8 Å². The zero-order chi connectivity index (χ0) is 20.1. The normalized spacial score (nSPS) is 12.7. The zero-order valence-corrected chi connectivity index (χ0v) is 15.8. The van der Waals surface area contributed by atoms with Crippen molar-refractivity contribution in [1.29, 1.82) is 0 Å². The van der Waals surface area contributed by atoms with Crippen LogP contribution in [0.5, 0.6) is 11.5 Å². The van der Waals surface area contributed by atoms with Crippen LogP contribution in [0, 0.1) is 0 Å². The van der Waals surface area contributed by atoms with Crippen LogP contribution in [0.25, 0.3) is 0 Å². The lowest BCUT2D eigenvalue weighted by Crippen LogP contribution is -2.61. The van der Waals surface area contributed by atoms with Gasteiger partial charge < -0.3 is 35.6 Å². The first-order valence-corrected chi connectivity index (χ1v) is 8.95. The first kappa shape index (κ1) is 22.5. The second-order valence-electron chi connectivity index (χ2n) is 5.98. The highest BCUT2D eigenvalue weighted by molar-refractivity contribution is 5.81. The van der Waals surface area contributed by atoms with Gasteiger partial charge in [-0.3, -0.25) is 4.79 Å². The van der Waals surface area contributed by atoms with Crippen LogP contribution >= 0.6 is 0 Å². The minimum absolute atomic E-state index is 0.0376. The lowest BCUT2D eigenvalue weighted by molar-refractivity contribution is -0.142. The Morgan fingerprint density at radius 1 is 1.19 bits per heavy atom. The highest BCUT2D eigenvalue weighted by Gasteiger charge is 2.30. The van der Waals surface area contributed by atoms with Crippen LogP contribution in [-0.4, -0.2) is 60.8 Å². The van der Waals surface area contributed by atoms with E-state index in [1.54, 1.807) is 0 Å². The fourth-order valence-electron chi connectivity index (χ4n) is 2.00. The SMILES string of the molecule is CCCCOC(=O)CNC(=O)NC(O)(CNCC)COc1ccc(O)cc1. The molecule has 5 N–H and O–H groups in total. The second-order valence-corrected chi connectivity index (χ2v) is 5.98. The number of aromatic hydroxyl groups is 1. The van der Waals surface area contributed by atoms with Gasteiger partial charge in [-0.2, -0.15) is 0 Å². The van der Waals surface area contributed by atoms with Crippen molar-refractivity contribution in [2.45, 2.75) is 32.4 Å². The molecule has 0 aliphatic heterocycles. The number of aliphatic hydroxyl groups is 1. The maximum absolute atomic E-state index is 12.0. The van der Waals surface area contributed by atoms with Gasteiger partial charge in [-0.1, -0.05) is 20.3 Å². The van der Waals surface area contributed by atoms with Crippen LogP contribution in [-0.2, 0) is 9.53 Å². The van der Waals surface area contributed by atoms with Gasteiger partial charge in [0.2, 0.25) is 0 Å². The van der Waals surface area contributed by atoms with Gasteiger partial charge in [-0.15, -0.1) is 0 Å². The quantitative estimate of drug-likeness (QED) is 0.204. The summed E-state index contributed by atoms with van der Waals surface area (Å²) in [7, 11) is 0. The Balaban J connectivity index is 2.51. The summed E-state index contributed by atoms with van der Waals surface area (Å²) in [6, 6.07) is 5.24. The van der Waals surface area contributed by atoms with Crippen molar-refractivity contribution in [3.05, 3.63) is 24.3 Å². The number of carbonyl (C=O) groups is 2. The number of unbranched alkanes of at least 4 members (excludes halogenated alkanes) is 1. The minimum Gasteiger partial charge on any atom is -0.508 e. The van der Waals surface area contributed by atoms with Crippen molar-refractivity contribution in [2.75, 3.05) is 32.8 Å². The fourth-order valence-corrected chi connectivity index (χ4v) is 2.00. The molecule has 9 heteroatoms.